The zero-order chi connectivity index (χ0) is 11.4. The topological polar surface area (TPSA) is 35.3 Å². The second-order valence-electron chi connectivity index (χ2n) is 3.05. The fourth-order valence-corrected chi connectivity index (χ4v) is 1.45. The van der Waals surface area contributed by atoms with Crippen molar-refractivity contribution in [3.8, 4) is 11.3 Å². The second-order valence-corrected chi connectivity index (χ2v) is 3.62. The van der Waals surface area contributed by atoms with Gasteiger partial charge in [0.2, 0.25) is 5.89 Å². The van der Waals surface area contributed by atoms with Gasteiger partial charge in [-0.1, -0.05) is 0 Å². The Balaban J connectivity index is 2.15. The molecule has 0 fully saturated rings. The molecule has 0 bridgehead atoms. The van der Waals surface area contributed by atoms with Crippen molar-refractivity contribution in [1.29, 1.82) is 0 Å². The Morgan fingerprint density at radius 1 is 1.38 bits per heavy atom. The normalized spacial score (nSPS) is 10.6. The van der Waals surface area contributed by atoms with Crippen molar-refractivity contribution < 1.29 is 13.0 Å². The molecule has 1 aromatic carbocycles. The maximum absolute atomic E-state index is 12.7. The minimum atomic E-state index is -0.269. The van der Waals surface area contributed by atoms with Crippen molar-refractivity contribution >= 4 is 12.0 Å². The van der Waals surface area contributed by atoms with Crippen LogP contribution in [0.1, 0.15) is 5.89 Å². The molecular weight excluding hydrogens is 229 g/mol. The number of benzene rings is 1. The fraction of sp³-hybridized carbons (Fsp3) is 0.182. The third kappa shape index (κ3) is 2.62. The Hall–Kier alpha value is -1.33. The summed E-state index contributed by atoms with van der Waals surface area (Å²) in [6.07, 6.45) is 3.43. The largest absolute Gasteiger partial charge is 0.438 e. The quantitative estimate of drug-likeness (QED) is 0.767. The third-order valence-electron chi connectivity index (χ3n) is 1.98. The van der Waals surface area contributed by atoms with Crippen molar-refractivity contribution in [2.24, 2.45) is 0 Å². The van der Waals surface area contributed by atoms with Gasteiger partial charge in [0.1, 0.15) is 12.4 Å². The Kier molecular flexibility index (Phi) is 3.58. The standard InChI is InChI=1S/C11H10FNO2S/c1-16-14-7-11-13-6-10(15-11)8-2-4-9(12)5-3-8/h2-6H,7H2,1H3. The van der Waals surface area contributed by atoms with Crippen LogP contribution in [-0.2, 0) is 10.8 Å². The molecule has 0 saturated heterocycles. The second kappa shape index (κ2) is 5.14. The molecule has 0 unspecified atom stereocenters. The molecule has 0 saturated carbocycles. The molecule has 3 nitrogen and oxygen atoms in total. The predicted molar refractivity (Wildman–Crippen MR) is 60.2 cm³/mol. The summed E-state index contributed by atoms with van der Waals surface area (Å²) in [4.78, 5) is 4.05. The maximum atomic E-state index is 12.7. The molecule has 0 aliphatic rings. The fourth-order valence-electron chi connectivity index (χ4n) is 1.23. The van der Waals surface area contributed by atoms with E-state index in [1.165, 1.54) is 24.2 Å². The van der Waals surface area contributed by atoms with Crippen LogP contribution in [0.5, 0.6) is 0 Å². The van der Waals surface area contributed by atoms with Gasteiger partial charge in [0.25, 0.3) is 0 Å². The average molecular weight is 239 g/mol. The van der Waals surface area contributed by atoms with Gasteiger partial charge in [0.15, 0.2) is 5.76 Å². The van der Waals surface area contributed by atoms with Gasteiger partial charge in [-0.2, -0.15) is 0 Å². The Morgan fingerprint density at radius 2 is 2.12 bits per heavy atom. The molecule has 0 atom stereocenters. The zero-order valence-electron chi connectivity index (χ0n) is 8.64. The van der Waals surface area contributed by atoms with Crippen LogP contribution in [-0.4, -0.2) is 11.2 Å². The van der Waals surface area contributed by atoms with E-state index < -0.39 is 0 Å². The van der Waals surface area contributed by atoms with Crippen LogP contribution in [0.25, 0.3) is 11.3 Å². The van der Waals surface area contributed by atoms with Gasteiger partial charge in [-0.25, -0.2) is 9.37 Å². The van der Waals surface area contributed by atoms with E-state index in [2.05, 4.69) is 4.98 Å². The monoisotopic (exact) mass is 239 g/mol. The SMILES string of the molecule is CSOCc1ncc(-c2ccc(F)cc2)o1. The lowest BCUT2D eigenvalue weighted by atomic mass is 10.2. The lowest BCUT2D eigenvalue weighted by Gasteiger charge is -1.96. The highest BCUT2D eigenvalue weighted by molar-refractivity contribution is 7.93. The van der Waals surface area contributed by atoms with E-state index in [1.807, 2.05) is 6.26 Å². The number of hydrogen-bond acceptors (Lipinski definition) is 4. The number of halogens is 1. The molecule has 2 aromatic rings. The first-order valence-electron chi connectivity index (χ1n) is 4.66. The summed E-state index contributed by atoms with van der Waals surface area (Å²) in [5.74, 6) is 0.850. The van der Waals surface area contributed by atoms with Crippen molar-refractivity contribution in [2.75, 3.05) is 6.26 Å². The van der Waals surface area contributed by atoms with Gasteiger partial charge in [-0.3, -0.25) is 0 Å². The van der Waals surface area contributed by atoms with Gasteiger partial charge in [-0.05, 0) is 36.3 Å². The van der Waals surface area contributed by atoms with Gasteiger partial charge >= 0.3 is 0 Å². The lowest BCUT2D eigenvalue weighted by Crippen LogP contribution is -1.83. The first-order chi connectivity index (χ1) is 7.79. The highest BCUT2D eigenvalue weighted by Crippen LogP contribution is 2.21. The minimum absolute atomic E-state index is 0.269. The maximum Gasteiger partial charge on any atom is 0.222 e. The number of rotatable bonds is 4. The van der Waals surface area contributed by atoms with Crippen LogP contribution >= 0.6 is 12.0 Å². The van der Waals surface area contributed by atoms with Crippen LogP contribution in [0.3, 0.4) is 0 Å². The first-order valence-corrected chi connectivity index (χ1v) is 5.81. The van der Waals surface area contributed by atoms with Crippen LogP contribution in [0, 0.1) is 5.82 Å². The number of hydrogen-bond donors (Lipinski definition) is 0. The van der Waals surface area contributed by atoms with Crippen LogP contribution in [0.4, 0.5) is 4.39 Å². The molecule has 16 heavy (non-hydrogen) atoms. The van der Waals surface area contributed by atoms with Gasteiger partial charge in [0.05, 0.1) is 6.20 Å². The molecular formula is C11H10FNO2S. The highest BCUT2D eigenvalue weighted by atomic mass is 32.2. The lowest BCUT2D eigenvalue weighted by molar-refractivity contribution is 0.308. The third-order valence-corrected chi connectivity index (χ3v) is 2.34. The van der Waals surface area contributed by atoms with E-state index in [0.29, 0.717) is 18.3 Å². The molecule has 0 amide bonds. The minimum Gasteiger partial charge on any atom is -0.438 e. The summed E-state index contributed by atoms with van der Waals surface area (Å²) in [7, 11) is 0. The van der Waals surface area contributed by atoms with E-state index in [1.54, 1.807) is 18.3 Å². The molecule has 0 aliphatic carbocycles. The number of aromatic nitrogens is 1. The summed E-state index contributed by atoms with van der Waals surface area (Å²) in [6, 6.07) is 6.07. The van der Waals surface area contributed by atoms with Crippen LogP contribution in [0.15, 0.2) is 34.9 Å². The smallest absolute Gasteiger partial charge is 0.222 e. The molecule has 0 aliphatic heterocycles. The number of nitrogens with zero attached hydrogens (tertiary/aromatic N) is 1. The van der Waals surface area contributed by atoms with E-state index in [0.717, 1.165) is 5.56 Å². The van der Waals surface area contributed by atoms with Crippen LogP contribution in [0.2, 0.25) is 0 Å². The summed E-state index contributed by atoms with van der Waals surface area (Å²) in [5, 5.41) is 0. The molecule has 5 heteroatoms. The summed E-state index contributed by atoms with van der Waals surface area (Å²) in [5.41, 5.74) is 0.796. The van der Waals surface area contributed by atoms with Crippen molar-refractivity contribution in [3.63, 3.8) is 0 Å². The van der Waals surface area contributed by atoms with Crippen molar-refractivity contribution in [1.82, 2.24) is 4.98 Å². The number of oxazole rings is 1. The van der Waals surface area contributed by atoms with Gasteiger partial charge in [0, 0.05) is 11.8 Å². The van der Waals surface area contributed by atoms with Crippen LogP contribution < -0.4 is 0 Å². The predicted octanol–water partition coefficient (Wildman–Crippen LogP) is 3.28. The molecule has 2 rings (SSSR count). The van der Waals surface area contributed by atoms with Crippen molar-refractivity contribution in [2.45, 2.75) is 6.61 Å². The molecule has 0 N–H and O–H groups in total. The summed E-state index contributed by atoms with van der Waals surface area (Å²) in [6.45, 7) is 0.322. The van der Waals surface area contributed by atoms with E-state index in [9.17, 15) is 4.39 Å². The molecule has 1 heterocycles. The van der Waals surface area contributed by atoms with E-state index in [4.69, 9.17) is 8.60 Å². The summed E-state index contributed by atoms with van der Waals surface area (Å²) < 4.78 is 23.2. The van der Waals surface area contributed by atoms with E-state index >= 15 is 0 Å². The van der Waals surface area contributed by atoms with E-state index in [-0.39, 0.29) is 5.82 Å². The van der Waals surface area contributed by atoms with Crippen molar-refractivity contribution in [3.05, 3.63) is 42.2 Å². The summed E-state index contributed by atoms with van der Waals surface area (Å²) >= 11 is 1.25. The first kappa shape index (κ1) is 11.2. The Labute approximate surface area is 96.8 Å². The van der Waals surface area contributed by atoms with Gasteiger partial charge in [-0.15, -0.1) is 0 Å². The molecule has 0 radical (unpaired) electrons. The highest BCUT2D eigenvalue weighted by Gasteiger charge is 2.06. The Bertz CT molecular complexity index is 455. The molecule has 0 spiro atoms. The molecule has 1 aromatic heterocycles. The Morgan fingerprint density at radius 3 is 2.81 bits per heavy atom. The zero-order valence-corrected chi connectivity index (χ0v) is 9.46. The average Bonchev–Trinajstić information content (AvgIpc) is 2.76. The molecule has 84 valence electrons. The van der Waals surface area contributed by atoms with Gasteiger partial charge < -0.3 is 8.60 Å².